The van der Waals surface area contributed by atoms with Gasteiger partial charge in [-0.2, -0.15) is 0 Å². The molecule has 0 bridgehead atoms. The maximum Gasteiger partial charge on any atom is 0.231 e. The molecule has 0 atom stereocenters. The molecule has 5 rings (SSSR count). The van der Waals surface area contributed by atoms with Crippen LogP contribution in [-0.2, 0) is 9.47 Å². The van der Waals surface area contributed by atoms with Crippen LogP contribution in [0.15, 0.2) is 24.5 Å². The Balaban J connectivity index is 1.37. The molecule has 11 heteroatoms. The first-order valence-electron chi connectivity index (χ1n) is 12.3. The van der Waals surface area contributed by atoms with E-state index in [1.807, 2.05) is 12.1 Å². The van der Waals surface area contributed by atoms with Gasteiger partial charge in [-0.3, -0.25) is 4.90 Å². The number of fused-ring (bicyclic) bond motifs is 2. The molecule has 200 valence electrons. The highest BCUT2D eigenvalue weighted by atomic mass is 35.5. The van der Waals surface area contributed by atoms with Gasteiger partial charge in [-0.05, 0) is 18.6 Å². The number of nitrogens with zero attached hydrogens (tertiary/aromatic N) is 3. The summed E-state index contributed by atoms with van der Waals surface area (Å²) in [5, 5.41) is 4.44. The van der Waals surface area contributed by atoms with E-state index in [0.717, 1.165) is 44.7 Å². The van der Waals surface area contributed by atoms with E-state index >= 15 is 0 Å². The number of hydrogen-bond acceptors (Lipinski definition) is 10. The molecule has 0 spiro atoms. The molecule has 38 heavy (non-hydrogen) atoms. The van der Waals surface area contributed by atoms with Gasteiger partial charge < -0.3 is 33.7 Å². The van der Waals surface area contributed by atoms with Gasteiger partial charge in [-0.15, -0.1) is 0 Å². The van der Waals surface area contributed by atoms with Crippen molar-refractivity contribution in [2.75, 3.05) is 72.4 Å². The number of benzene rings is 2. The molecule has 0 unspecified atom stereocenters. The van der Waals surface area contributed by atoms with Crippen molar-refractivity contribution in [1.29, 1.82) is 0 Å². The molecular formula is C27H29ClN4O6. The second kappa shape index (κ2) is 12.4. The van der Waals surface area contributed by atoms with Gasteiger partial charge >= 0.3 is 0 Å². The van der Waals surface area contributed by atoms with Crippen molar-refractivity contribution in [2.45, 2.75) is 6.42 Å². The fourth-order valence-corrected chi connectivity index (χ4v) is 4.54. The van der Waals surface area contributed by atoms with Crippen LogP contribution in [0, 0.1) is 11.8 Å². The van der Waals surface area contributed by atoms with Crippen LogP contribution in [0.5, 0.6) is 23.0 Å². The van der Waals surface area contributed by atoms with Gasteiger partial charge in [0.1, 0.15) is 24.4 Å². The summed E-state index contributed by atoms with van der Waals surface area (Å²) >= 11 is 6.64. The Bertz CT molecular complexity index is 1350. The summed E-state index contributed by atoms with van der Waals surface area (Å²) in [5.41, 5.74) is 1.84. The smallest absolute Gasteiger partial charge is 0.231 e. The van der Waals surface area contributed by atoms with E-state index in [1.54, 1.807) is 20.3 Å². The number of nitrogens with one attached hydrogen (secondary N) is 1. The third kappa shape index (κ3) is 5.81. The van der Waals surface area contributed by atoms with E-state index in [0.29, 0.717) is 63.8 Å². The van der Waals surface area contributed by atoms with E-state index in [-0.39, 0.29) is 6.79 Å². The highest BCUT2D eigenvalue weighted by Crippen LogP contribution is 2.47. The molecule has 0 amide bonds. The number of rotatable bonds is 9. The Morgan fingerprint density at radius 3 is 2.74 bits per heavy atom. The predicted molar refractivity (Wildman–Crippen MR) is 143 cm³/mol. The van der Waals surface area contributed by atoms with Crippen molar-refractivity contribution in [1.82, 2.24) is 14.9 Å². The fraction of sp³-hybridized carbons (Fsp3) is 0.407. The van der Waals surface area contributed by atoms with Gasteiger partial charge in [0.05, 0.1) is 43.0 Å². The number of ether oxygens (including phenoxy) is 6. The summed E-state index contributed by atoms with van der Waals surface area (Å²) in [7, 11) is 3.19. The lowest BCUT2D eigenvalue weighted by molar-refractivity contribution is 0.0357. The molecule has 3 heterocycles. The summed E-state index contributed by atoms with van der Waals surface area (Å²) in [6.45, 7) is 5.37. The van der Waals surface area contributed by atoms with Crippen molar-refractivity contribution in [3.8, 4) is 34.8 Å². The second-order valence-electron chi connectivity index (χ2n) is 8.60. The Kier molecular flexibility index (Phi) is 8.51. The molecule has 2 aliphatic heterocycles. The summed E-state index contributed by atoms with van der Waals surface area (Å²) in [6, 6.07) is 5.44. The Labute approximate surface area is 226 Å². The van der Waals surface area contributed by atoms with Crippen LogP contribution < -0.4 is 24.3 Å². The summed E-state index contributed by atoms with van der Waals surface area (Å²) in [4.78, 5) is 11.3. The van der Waals surface area contributed by atoms with Crippen molar-refractivity contribution in [2.24, 2.45) is 0 Å². The lowest BCUT2D eigenvalue weighted by Gasteiger charge is -2.26. The zero-order valence-corrected chi connectivity index (χ0v) is 22.1. The van der Waals surface area contributed by atoms with Crippen LogP contribution in [0.3, 0.4) is 0 Å². The predicted octanol–water partition coefficient (Wildman–Crippen LogP) is 3.86. The molecule has 2 aliphatic rings. The van der Waals surface area contributed by atoms with Crippen molar-refractivity contribution in [3.63, 3.8) is 0 Å². The lowest BCUT2D eigenvalue weighted by Crippen LogP contribution is -2.37. The molecule has 1 saturated heterocycles. The molecule has 1 aromatic heterocycles. The quantitative estimate of drug-likeness (QED) is 0.318. The van der Waals surface area contributed by atoms with E-state index in [9.17, 15) is 0 Å². The highest BCUT2D eigenvalue weighted by Gasteiger charge is 2.25. The van der Waals surface area contributed by atoms with Gasteiger partial charge in [0.25, 0.3) is 0 Å². The minimum Gasteiger partial charge on any atom is -0.493 e. The van der Waals surface area contributed by atoms with Gasteiger partial charge in [0.15, 0.2) is 23.0 Å². The first-order valence-corrected chi connectivity index (χ1v) is 12.7. The van der Waals surface area contributed by atoms with Crippen LogP contribution in [0.1, 0.15) is 12.0 Å². The minimum atomic E-state index is 0.0634. The molecular weight excluding hydrogens is 512 g/mol. The molecule has 2 aromatic carbocycles. The second-order valence-corrected chi connectivity index (χ2v) is 9.01. The fourth-order valence-electron chi connectivity index (χ4n) is 4.30. The van der Waals surface area contributed by atoms with Gasteiger partial charge in [0.2, 0.25) is 6.79 Å². The largest absolute Gasteiger partial charge is 0.493 e. The lowest BCUT2D eigenvalue weighted by atomic mass is 10.1. The van der Waals surface area contributed by atoms with Crippen LogP contribution in [-0.4, -0.2) is 81.9 Å². The molecule has 1 N–H and O–H groups in total. The molecule has 0 saturated carbocycles. The number of anilines is 2. The van der Waals surface area contributed by atoms with Crippen LogP contribution >= 0.6 is 11.6 Å². The maximum atomic E-state index is 6.64. The number of morpholine rings is 1. The number of aromatic nitrogens is 2. The summed E-state index contributed by atoms with van der Waals surface area (Å²) < 4.78 is 33.5. The third-order valence-electron chi connectivity index (χ3n) is 6.18. The molecule has 1 fully saturated rings. The third-order valence-corrected chi connectivity index (χ3v) is 6.48. The SMILES string of the molecule is COCC#Cc1cc(Cl)c(Nc2ncnc3cc(OCCCN4CCOCC4)c(OC)cc23)c2c1OCO2. The summed E-state index contributed by atoms with van der Waals surface area (Å²) in [5.74, 6) is 8.66. The first kappa shape index (κ1) is 26.1. The highest BCUT2D eigenvalue weighted by molar-refractivity contribution is 6.34. The number of halogens is 1. The topological polar surface area (TPSA) is 96.4 Å². The average Bonchev–Trinajstić information content (AvgIpc) is 3.43. The number of hydrogen-bond donors (Lipinski definition) is 1. The molecule has 0 aliphatic carbocycles. The average molecular weight is 541 g/mol. The Morgan fingerprint density at radius 2 is 1.92 bits per heavy atom. The van der Waals surface area contributed by atoms with Crippen molar-refractivity contribution in [3.05, 3.63) is 35.1 Å². The van der Waals surface area contributed by atoms with E-state index in [2.05, 4.69) is 32.0 Å². The van der Waals surface area contributed by atoms with Crippen LogP contribution in [0.25, 0.3) is 10.9 Å². The molecule has 10 nitrogen and oxygen atoms in total. The van der Waals surface area contributed by atoms with Crippen molar-refractivity contribution < 1.29 is 28.4 Å². The van der Waals surface area contributed by atoms with Crippen LogP contribution in [0.2, 0.25) is 5.02 Å². The standard InChI is InChI=1S/C27H29ClN4O6/c1-33-9-3-5-18-13-20(28)24(26-25(18)37-17-38-26)31-27-19-14-22(34-2)23(15-21(19)29-16-30-27)36-10-4-6-32-7-11-35-12-8-32/h13-16H,4,6-12,17H2,1-2H3,(H,29,30,31). The Hall–Kier alpha value is -3.49. The molecule has 3 aromatic rings. The minimum absolute atomic E-state index is 0.0634. The number of methoxy groups -OCH3 is 2. The maximum absolute atomic E-state index is 6.64. The van der Waals surface area contributed by atoms with E-state index < -0.39 is 0 Å². The normalized spacial score (nSPS) is 14.7. The van der Waals surface area contributed by atoms with Gasteiger partial charge in [-0.1, -0.05) is 23.4 Å². The first-order chi connectivity index (χ1) is 18.7. The summed E-state index contributed by atoms with van der Waals surface area (Å²) in [6.07, 6.45) is 2.38. The monoisotopic (exact) mass is 540 g/mol. The van der Waals surface area contributed by atoms with Gasteiger partial charge in [-0.25, -0.2) is 9.97 Å². The van der Waals surface area contributed by atoms with Crippen molar-refractivity contribution >= 4 is 34.0 Å². The zero-order valence-electron chi connectivity index (χ0n) is 21.3. The van der Waals surface area contributed by atoms with E-state index in [1.165, 1.54) is 6.33 Å². The van der Waals surface area contributed by atoms with Gasteiger partial charge in [0, 0.05) is 38.2 Å². The zero-order chi connectivity index (χ0) is 26.3. The van der Waals surface area contributed by atoms with E-state index in [4.69, 9.17) is 40.0 Å². The van der Waals surface area contributed by atoms with Crippen LogP contribution in [0.4, 0.5) is 11.5 Å². The Morgan fingerprint density at radius 1 is 1.08 bits per heavy atom. The molecule has 0 radical (unpaired) electrons.